The molecule has 0 aliphatic rings. The van der Waals surface area contributed by atoms with Crippen molar-refractivity contribution >= 4 is 17.6 Å². The molecule has 2 aromatic rings. The van der Waals surface area contributed by atoms with Gasteiger partial charge in [-0.1, -0.05) is 0 Å². The van der Waals surface area contributed by atoms with E-state index < -0.39 is 0 Å². The van der Waals surface area contributed by atoms with E-state index >= 15 is 0 Å². The molecule has 0 bridgehead atoms. The predicted molar refractivity (Wildman–Crippen MR) is 51.0 cm³/mol. The lowest BCUT2D eigenvalue weighted by molar-refractivity contribution is 0.112. The Morgan fingerprint density at radius 2 is 2.46 bits per heavy atom. The van der Waals surface area contributed by atoms with Crippen molar-refractivity contribution in [3.8, 4) is 0 Å². The number of hydrogen-bond acceptors (Lipinski definition) is 3. The Morgan fingerprint density at radius 3 is 3.08 bits per heavy atom. The van der Waals surface area contributed by atoms with Crippen molar-refractivity contribution in [3.05, 3.63) is 40.3 Å². The van der Waals surface area contributed by atoms with Crippen LogP contribution in [-0.4, -0.2) is 16.1 Å². The van der Waals surface area contributed by atoms with Crippen LogP contribution in [0.4, 0.5) is 0 Å². The molecule has 3 nitrogen and oxygen atoms in total. The van der Waals surface area contributed by atoms with Gasteiger partial charge in [0, 0.05) is 17.3 Å². The smallest absolute Gasteiger partial charge is 0.160 e. The number of nitrogens with zero attached hydrogens (tertiary/aromatic N) is 2. The fourth-order valence-electron chi connectivity index (χ4n) is 1.10. The first-order chi connectivity index (χ1) is 6.38. The Morgan fingerprint density at radius 1 is 1.54 bits per heavy atom. The van der Waals surface area contributed by atoms with Crippen LogP contribution in [0.15, 0.2) is 30.6 Å². The van der Waals surface area contributed by atoms with Gasteiger partial charge in [-0.05, 0) is 18.2 Å². The fraction of sp³-hybridized carbons (Fsp3) is 0.111. The van der Waals surface area contributed by atoms with Gasteiger partial charge in [-0.15, -0.1) is 11.3 Å². The molecule has 4 heteroatoms. The maximum atomic E-state index is 10.4. The van der Waals surface area contributed by atoms with Crippen molar-refractivity contribution < 1.29 is 4.79 Å². The highest BCUT2D eigenvalue weighted by atomic mass is 32.1. The molecule has 0 atom stereocenters. The molecular weight excluding hydrogens is 184 g/mol. The first kappa shape index (κ1) is 8.19. The van der Waals surface area contributed by atoms with E-state index in [-0.39, 0.29) is 0 Å². The molecule has 0 unspecified atom stereocenters. The lowest BCUT2D eigenvalue weighted by Crippen LogP contribution is -1.96. The SMILES string of the molecule is O=Cc1ccc(Cn2cccn2)s1. The van der Waals surface area contributed by atoms with E-state index in [0.717, 1.165) is 22.6 Å². The van der Waals surface area contributed by atoms with Gasteiger partial charge < -0.3 is 0 Å². The summed E-state index contributed by atoms with van der Waals surface area (Å²) in [6.07, 6.45) is 4.52. The van der Waals surface area contributed by atoms with Gasteiger partial charge in [-0.2, -0.15) is 5.10 Å². The Kier molecular flexibility index (Phi) is 2.23. The van der Waals surface area contributed by atoms with Gasteiger partial charge in [-0.3, -0.25) is 9.48 Å². The first-order valence-corrected chi connectivity index (χ1v) is 4.71. The molecule has 0 radical (unpaired) electrons. The zero-order valence-corrected chi connectivity index (χ0v) is 7.70. The molecule has 0 fully saturated rings. The molecule has 0 saturated carbocycles. The number of thiophene rings is 1. The molecule has 2 rings (SSSR count). The van der Waals surface area contributed by atoms with Gasteiger partial charge in [0.05, 0.1) is 11.4 Å². The summed E-state index contributed by atoms with van der Waals surface area (Å²) < 4.78 is 1.83. The van der Waals surface area contributed by atoms with Crippen molar-refractivity contribution in [1.29, 1.82) is 0 Å². The van der Waals surface area contributed by atoms with Crippen LogP contribution in [0.25, 0.3) is 0 Å². The van der Waals surface area contributed by atoms with Crippen molar-refractivity contribution in [2.45, 2.75) is 6.54 Å². The number of carbonyl (C=O) groups is 1. The standard InChI is InChI=1S/C9H8N2OS/c12-7-9-3-2-8(13-9)6-11-5-1-4-10-11/h1-5,7H,6H2. The minimum absolute atomic E-state index is 0.742. The minimum Gasteiger partial charge on any atom is -0.297 e. The average Bonchev–Trinajstić information content (AvgIpc) is 2.76. The summed E-state index contributed by atoms with van der Waals surface area (Å²) in [6.45, 7) is 0.742. The highest BCUT2D eigenvalue weighted by Gasteiger charge is 1.99. The van der Waals surface area contributed by atoms with Crippen LogP contribution in [0.1, 0.15) is 14.5 Å². The van der Waals surface area contributed by atoms with E-state index in [1.165, 1.54) is 11.3 Å². The van der Waals surface area contributed by atoms with E-state index in [1.807, 2.05) is 29.1 Å². The molecular formula is C9H8N2OS. The van der Waals surface area contributed by atoms with Crippen LogP contribution in [-0.2, 0) is 6.54 Å². The molecule has 0 aliphatic carbocycles. The Balaban J connectivity index is 2.14. The lowest BCUT2D eigenvalue weighted by atomic mass is 10.4. The second-order valence-electron chi connectivity index (χ2n) is 2.63. The second-order valence-corrected chi connectivity index (χ2v) is 3.83. The van der Waals surface area contributed by atoms with Gasteiger partial charge in [0.15, 0.2) is 6.29 Å². The zero-order chi connectivity index (χ0) is 9.10. The minimum atomic E-state index is 0.742. The molecule has 2 heterocycles. The quantitative estimate of drug-likeness (QED) is 0.695. The topological polar surface area (TPSA) is 34.9 Å². The number of rotatable bonds is 3. The van der Waals surface area contributed by atoms with Crippen molar-refractivity contribution in [2.24, 2.45) is 0 Å². The molecule has 0 aliphatic heterocycles. The third-order valence-corrected chi connectivity index (χ3v) is 2.67. The molecule has 0 N–H and O–H groups in total. The van der Waals surface area contributed by atoms with Crippen molar-refractivity contribution in [1.82, 2.24) is 9.78 Å². The summed E-state index contributed by atoms with van der Waals surface area (Å²) in [4.78, 5) is 12.3. The third kappa shape index (κ3) is 1.84. The van der Waals surface area contributed by atoms with Crippen molar-refractivity contribution in [3.63, 3.8) is 0 Å². The van der Waals surface area contributed by atoms with Crippen molar-refractivity contribution in [2.75, 3.05) is 0 Å². The van der Waals surface area contributed by atoms with E-state index in [1.54, 1.807) is 6.20 Å². The number of carbonyl (C=O) groups excluding carboxylic acids is 1. The number of hydrogen-bond donors (Lipinski definition) is 0. The molecule has 0 amide bonds. The summed E-state index contributed by atoms with van der Waals surface area (Å²) in [6, 6.07) is 5.67. The normalized spacial score (nSPS) is 10.2. The van der Waals surface area contributed by atoms with E-state index in [9.17, 15) is 4.79 Å². The Hall–Kier alpha value is -1.42. The van der Waals surface area contributed by atoms with Crippen LogP contribution in [0.2, 0.25) is 0 Å². The second kappa shape index (κ2) is 3.53. The van der Waals surface area contributed by atoms with E-state index in [2.05, 4.69) is 5.10 Å². The monoisotopic (exact) mass is 192 g/mol. The zero-order valence-electron chi connectivity index (χ0n) is 6.88. The average molecular weight is 192 g/mol. The van der Waals surface area contributed by atoms with Crippen LogP contribution >= 0.6 is 11.3 Å². The maximum Gasteiger partial charge on any atom is 0.160 e. The van der Waals surface area contributed by atoms with Crippen LogP contribution < -0.4 is 0 Å². The van der Waals surface area contributed by atoms with Crippen LogP contribution in [0, 0.1) is 0 Å². The van der Waals surface area contributed by atoms with Gasteiger partial charge in [0.2, 0.25) is 0 Å². The highest BCUT2D eigenvalue weighted by Crippen LogP contribution is 2.15. The van der Waals surface area contributed by atoms with Gasteiger partial charge in [0.1, 0.15) is 0 Å². The molecule has 66 valence electrons. The number of aldehydes is 1. The summed E-state index contributed by atoms with van der Waals surface area (Å²) in [5.74, 6) is 0. The van der Waals surface area contributed by atoms with E-state index in [0.29, 0.717) is 0 Å². The van der Waals surface area contributed by atoms with E-state index in [4.69, 9.17) is 0 Å². The van der Waals surface area contributed by atoms with Gasteiger partial charge in [0.25, 0.3) is 0 Å². The number of aromatic nitrogens is 2. The summed E-state index contributed by atoms with van der Waals surface area (Å²) in [7, 11) is 0. The fourth-order valence-corrected chi connectivity index (χ4v) is 1.92. The van der Waals surface area contributed by atoms with Crippen LogP contribution in [0.3, 0.4) is 0 Å². The largest absolute Gasteiger partial charge is 0.297 e. The lowest BCUT2D eigenvalue weighted by Gasteiger charge is -1.95. The maximum absolute atomic E-state index is 10.4. The molecule has 2 aromatic heterocycles. The van der Waals surface area contributed by atoms with Gasteiger partial charge >= 0.3 is 0 Å². The summed E-state index contributed by atoms with van der Waals surface area (Å²) in [5, 5.41) is 4.08. The summed E-state index contributed by atoms with van der Waals surface area (Å²) >= 11 is 1.50. The Labute approximate surface area is 79.6 Å². The highest BCUT2D eigenvalue weighted by molar-refractivity contribution is 7.13. The summed E-state index contributed by atoms with van der Waals surface area (Å²) in [5.41, 5.74) is 0. The molecule has 13 heavy (non-hydrogen) atoms. The third-order valence-electron chi connectivity index (χ3n) is 1.68. The first-order valence-electron chi connectivity index (χ1n) is 3.90. The molecule has 0 saturated heterocycles. The predicted octanol–water partition coefficient (Wildman–Crippen LogP) is 1.81. The Bertz CT molecular complexity index is 391. The van der Waals surface area contributed by atoms with Gasteiger partial charge in [-0.25, -0.2) is 0 Å². The molecule has 0 aromatic carbocycles. The van der Waals surface area contributed by atoms with Crippen LogP contribution in [0.5, 0.6) is 0 Å². The molecule has 0 spiro atoms.